The predicted molar refractivity (Wildman–Crippen MR) is 132 cm³/mol. The predicted octanol–water partition coefficient (Wildman–Crippen LogP) is 4.81. The number of unbranched alkanes of at least 4 members (excludes halogenated alkanes) is 1. The molecule has 33 heavy (non-hydrogen) atoms. The van der Waals surface area contributed by atoms with Crippen LogP contribution in [0.1, 0.15) is 28.8 Å². The maximum atomic E-state index is 12.5. The Hall–Kier alpha value is -3.31. The number of likely N-dealkylation sites (N-methyl/N-ethyl adjacent to an activating group) is 1. The fraction of sp³-hybridized carbons (Fsp3) is 0.321. The second-order valence-corrected chi connectivity index (χ2v) is 8.53. The molecule has 1 amide bonds. The van der Waals surface area contributed by atoms with Crippen molar-refractivity contribution in [1.29, 1.82) is 0 Å². The largest absolute Gasteiger partial charge is 0.497 e. The lowest BCUT2D eigenvalue weighted by Crippen LogP contribution is -2.41. The van der Waals surface area contributed by atoms with E-state index >= 15 is 0 Å². The summed E-state index contributed by atoms with van der Waals surface area (Å²) < 4.78 is 11.3. The molecule has 1 aliphatic heterocycles. The van der Waals surface area contributed by atoms with Gasteiger partial charge < -0.3 is 14.8 Å². The highest BCUT2D eigenvalue weighted by Crippen LogP contribution is 2.29. The van der Waals surface area contributed by atoms with E-state index < -0.39 is 0 Å². The van der Waals surface area contributed by atoms with Crippen LogP contribution in [0, 0.1) is 0 Å². The molecule has 0 fully saturated rings. The zero-order chi connectivity index (χ0) is 23.0. The summed E-state index contributed by atoms with van der Waals surface area (Å²) in [6.45, 7) is 2.34. The van der Waals surface area contributed by atoms with E-state index in [0.717, 1.165) is 48.4 Å². The molecule has 1 N–H and O–H groups in total. The van der Waals surface area contributed by atoms with E-state index in [0.29, 0.717) is 24.8 Å². The van der Waals surface area contributed by atoms with Crippen molar-refractivity contribution in [1.82, 2.24) is 10.2 Å². The molecule has 1 atom stereocenters. The zero-order valence-electron chi connectivity index (χ0n) is 19.4. The van der Waals surface area contributed by atoms with E-state index in [9.17, 15) is 4.79 Å². The molecule has 172 valence electrons. The minimum absolute atomic E-state index is 0.0193. The monoisotopic (exact) mass is 444 g/mol. The van der Waals surface area contributed by atoms with Crippen LogP contribution >= 0.6 is 0 Å². The number of amides is 1. The maximum absolute atomic E-state index is 12.5. The summed E-state index contributed by atoms with van der Waals surface area (Å²) in [6, 6.07) is 24.3. The van der Waals surface area contributed by atoms with Gasteiger partial charge in [-0.15, -0.1) is 0 Å². The Balaban J connectivity index is 1.18. The van der Waals surface area contributed by atoms with Crippen molar-refractivity contribution in [3.05, 3.63) is 83.9 Å². The topological polar surface area (TPSA) is 50.8 Å². The number of carbonyl (C=O) groups is 1. The molecule has 3 aromatic carbocycles. The molecular formula is C28H32N2O3. The first kappa shape index (κ1) is 22.9. The Bertz CT molecular complexity index is 1050. The zero-order valence-corrected chi connectivity index (χ0v) is 19.4. The van der Waals surface area contributed by atoms with Crippen LogP contribution in [0.2, 0.25) is 0 Å². The van der Waals surface area contributed by atoms with Gasteiger partial charge in [-0.2, -0.15) is 0 Å². The number of nitrogens with zero attached hydrogens (tertiary/aromatic N) is 1. The van der Waals surface area contributed by atoms with Gasteiger partial charge in [-0.1, -0.05) is 42.5 Å². The van der Waals surface area contributed by atoms with Gasteiger partial charge in [0.05, 0.1) is 7.11 Å². The van der Waals surface area contributed by atoms with Gasteiger partial charge in [-0.25, -0.2) is 0 Å². The van der Waals surface area contributed by atoms with Crippen molar-refractivity contribution >= 4 is 5.91 Å². The number of ether oxygens (including phenoxy) is 2. The first-order valence-electron chi connectivity index (χ1n) is 11.6. The molecule has 0 bridgehead atoms. The lowest BCUT2D eigenvalue weighted by molar-refractivity contribution is 0.0952. The molecule has 1 aliphatic rings. The summed E-state index contributed by atoms with van der Waals surface area (Å²) in [6.07, 6.45) is 2.92. The second kappa shape index (κ2) is 11.0. The van der Waals surface area contributed by atoms with Crippen molar-refractivity contribution in [2.24, 2.45) is 0 Å². The van der Waals surface area contributed by atoms with Crippen LogP contribution in [0.5, 0.6) is 11.5 Å². The molecule has 0 radical (unpaired) electrons. The van der Waals surface area contributed by atoms with Gasteiger partial charge in [0.1, 0.15) is 18.1 Å². The molecule has 1 heterocycles. The van der Waals surface area contributed by atoms with Crippen molar-refractivity contribution in [3.8, 4) is 22.6 Å². The van der Waals surface area contributed by atoms with E-state index in [4.69, 9.17) is 9.47 Å². The molecule has 0 spiro atoms. The lowest BCUT2D eigenvalue weighted by Gasteiger charge is -2.32. The summed E-state index contributed by atoms with van der Waals surface area (Å²) in [5, 5.41) is 3.04. The van der Waals surface area contributed by atoms with Crippen molar-refractivity contribution in [2.75, 3.05) is 33.9 Å². The number of carbonyl (C=O) groups excluding carboxylic acids is 1. The van der Waals surface area contributed by atoms with Crippen LogP contribution in [0.15, 0.2) is 72.8 Å². The minimum atomic E-state index is -0.0193. The minimum Gasteiger partial charge on any atom is -0.497 e. The van der Waals surface area contributed by atoms with Gasteiger partial charge in [0.15, 0.2) is 0 Å². The molecule has 0 saturated carbocycles. The van der Waals surface area contributed by atoms with Crippen LogP contribution in [0.3, 0.4) is 0 Å². The SMILES string of the molecule is COc1ccc2c(c1)CC(N(C)CCCCNC(=O)c1ccc(-c3ccccc3)cc1)CO2. The van der Waals surface area contributed by atoms with E-state index in [1.165, 1.54) is 5.56 Å². The molecule has 5 nitrogen and oxygen atoms in total. The third kappa shape index (κ3) is 5.93. The lowest BCUT2D eigenvalue weighted by atomic mass is 10.0. The summed E-state index contributed by atoms with van der Waals surface area (Å²) in [4.78, 5) is 14.8. The number of fused-ring (bicyclic) bond motifs is 1. The Morgan fingerprint density at radius 3 is 2.55 bits per heavy atom. The van der Waals surface area contributed by atoms with Gasteiger partial charge >= 0.3 is 0 Å². The number of benzene rings is 3. The Kier molecular flexibility index (Phi) is 7.63. The highest BCUT2D eigenvalue weighted by Gasteiger charge is 2.23. The maximum Gasteiger partial charge on any atom is 0.251 e. The average molecular weight is 445 g/mol. The van der Waals surface area contributed by atoms with Gasteiger partial charge in [-0.05, 0) is 79.9 Å². The highest BCUT2D eigenvalue weighted by atomic mass is 16.5. The van der Waals surface area contributed by atoms with Crippen molar-refractivity contribution < 1.29 is 14.3 Å². The molecule has 1 unspecified atom stereocenters. The molecule has 4 rings (SSSR count). The average Bonchev–Trinajstić information content (AvgIpc) is 2.88. The summed E-state index contributed by atoms with van der Waals surface area (Å²) in [5.74, 6) is 1.81. The Morgan fingerprint density at radius 1 is 1.03 bits per heavy atom. The van der Waals surface area contributed by atoms with Crippen molar-refractivity contribution in [3.63, 3.8) is 0 Å². The molecule has 0 aromatic heterocycles. The molecule has 0 aliphatic carbocycles. The number of nitrogens with one attached hydrogen (secondary N) is 1. The van der Waals surface area contributed by atoms with E-state index in [-0.39, 0.29) is 5.91 Å². The fourth-order valence-corrected chi connectivity index (χ4v) is 4.18. The summed E-state index contributed by atoms with van der Waals surface area (Å²) >= 11 is 0. The van der Waals surface area contributed by atoms with E-state index in [1.54, 1.807) is 7.11 Å². The third-order valence-electron chi connectivity index (χ3n) is 6.26. The number of hydrogen-bond donors (Lipinski definition) is 1. The molecule has 5 heteroatoms. The second-order valence-electron chi connectivity index (χ2n) is 8.53. The van der Waals surface area contributed by atoms with Crippen LogP contribution in [0.4, 0.5) is 0 Å². The Labute approximate surface area is 196 Å². The van der Waals surface area contributed by atoms with E-state index in [1.807, 2.05) is 54.6 Å². The Morgan fingerprint density at radius 2 is 1.79 bits per heavy atom. The first-order chi connectivity index (χ1) is 16.1. The van der Waals surface area contributed by atoms with E-state index in [2.05, 4.69) is 35.5 Å². The molecule has 3 aromatic rings. The van der Waals surface area contributed by atoms with Crippen LogP contribution in [-0.2, 0) is 6.42 Å². The first-order valence-corrected chi connectivity index (χ1v) is 11.6. The summed E-state index contributed by atoms with van der Waals surface area (Å²) in [7, 11) is 3.83. The quantitative estimate of drug-likeness (QED) is 0.482. The van der Waals surface area contributed by atoms with Gasteiger partial charge in [-0.3, -0.25) is 9.69 Å². The van der Waals surface area contributed by atoms with Crippen LogP contribution in [0.25, 0.3) is 11.1 Å². The van der Waals surface area contributed by atoms with Crippen LogP contribution in [-0.4, -0.2) is 50.7 Å². The number of methoxy groups -OCH3 is 1. The number of hydrogen-bond acceptors (Lipinski definition) is 4. The smallest absolute Gasteiger partial charge is 0.251 e. The summed E-state index contributed by atoms with van der Waals surface area (Å²) in [5.41, 5.74) is 4.16. The van der Waals surface area contributed by atoms with Crippen molar-refractivity contribution in [2.45, 2.75) is 25.3 Å². The standard InChI is InChI=1S/C28H32N2O3/c1-30(25-18-24-19-26(32-2)14-15-27(24)33-20-25)17-7-6-16-29-28(31)23-12-10-22(11-13-23)21-8-4-3-5-9-21/h3-5,8-15,19,25H,6-7,16-18,20H2,1-2H3,(H,29,31). The van der Waals surface area contributed by atoms with Gasteiger partial charge in [0.2, 0.25) is 0 Å². The fourth-order valence-electron chi connectivity index (χ4n) is 4.18. The number of rotatable bonds is 9. The highest BCUT2D eigenvalue weighted by molar-refractivity contribution is 5.94. The van der Waals surface area contributed by atoms with Crippen LogP contribution < -0.4 is 14.8 Å². The van der Waals surface area contributed by atoms with Gasteiger partial charge in [0, 0.05) is 18.2 Å². The third-order valence-corrected chi connectivity index (χ3v) is 6.26. The normalized spacial score (nSPS) is 14.9. The molecular weight excluding hydrogens is 412 g/mol. The van der Waals surface area contributed by atoms with Gasteiger partial charge in [0.25, 0.3) is 5.91 Å². The molecule has 0 saturated heterocycles.